The molecule has 0 aromatic heterocycles. The summed E-state index contributed by atoms with van der Waals surface area (Å²) >= 11 is 0. The lowest BCUT2D eigenvalue weighted by molar-refractivity contribution is -0.645. The summed E-state index contributed by atoms with van der Waals surface area (Å²) in [6.45, 7) is 1.40. The number of methoxy groups -OCH3 is 1. The van der Waals surface area contributed by atoms with E-state index in [4.69, 9.17) is 14.9 Å². The highest BCUT2D eigenvalue weighted by Crippen LogP contribution is 2.26. The zero-order valence-corrected chi connectivity index (χ0v) is 14.4. The van der Waals surface area contributed by atoms with Gasteiger partial charge in [-0.15, -0.1) is 0 Å². The van der Waals surface area contributed by atoms with Gasteiger partial charge in [0.05, 0.1) is 20.2 Å². The molecule has 1 heterocycles. The number of nitrogens with two attached hydrogens (primary N) is 1. The first-order chi connectivity index (χ1) is 12.4. The molecule has 1 unspecified atom stereocenters. The summed E-state index contributed by atoms with van der Waals surface area (Å²) in [5.41, 5.74) is 1.62. The predicted octanol–water partition coefficient (Wildman–Crippen LogP) is -0.152. The Bertz CT molecular complexity index is 741. The fourth-order valence-corrected chi connectivity index (χ4v) is 2.67. The minimum atomic E-state index is -1.17. The lowest BCUT2D eigenvalue weighted by Gasteiger charge is -2.21. The van der Waals surface area contributed by atoms with Gasteiger partial charge in [-0.25, -0.2) is 9.59 Å². The highest BCUT2D eigenvalue weighted by atomic mass is 16.5. The van der Waals surface area contributed by atoms with Gasteiger partial charge in [0.2, 0.25) is 0 Å². The van der Waals surface area contributed by atoms with Crippen LogP contribution in [0.15, 0.2) is 41.6 Å². The highest BCUT2D eigenvalue weighted by molar-refractivity contribution is 5.89. The van der Waals surface area contributed by atoms with Crippen LogP contribution >= 0.6 is 0 Å². The predicted molar refractivity (Wildman–Crippen MR) is 93.0 cm³/mol. The number of allylic oxidation sites excluding steroid dienone is 1. The van der Waals surface area contributed by atoms with Crippen LogP contribution in [0.3, 0.4) is 0 Å². The van der Waals surface area contributed by atoms with Crippen molar-refractivity contribution in [3.63, 3.8) is 0 Å². The second kappa shape index (κ2) is 8.91. The van der Waals surface area contributed by atoms with Crippen LogP contribution in [-0.4, -0.2) is 53.5 Å². The smallest absolute Gasteiger partial charge is 0.351 e. The standard InChI is InChI=1S/C18H22N2O6/c1-26-16-10-11(2-3-15(16)21)4-6-19-7-5-12-8-13(17(22)23)20-14(9-12)18(24)25/h2-3,5,8,10,14,19-21H,4,6-7,9H2,1H3,(H,22,23)(H,24,25)/p+1. The molecule has 1 atom stereocenters. The lowest BCUT2D eigenvalue weighted by atomic mass is 10.00. The minimum absolute atomic E-state index is 0.102. The van der Waals surface area contributed by atoms with E-state index in [1.165, 1.54) is 13.2 Å². The maximum Gasteiger partial charge on any atom is 0.351 e. The molecular weight excluding hydrogens is 340 g/mol. The summed E-state index contributed by atoms with van der Waals surface area (Å²) in [5, 5.41) is 32.3. The van der Waals surface area contributed by atoms with Crippen LogP contribution in [-0.2, 0) is 16.0 Å². The molecule has 1 aromatic rings. The first-order valence-corrected chi connectivity index (χ1v) is 8.21. The Kier molecular flexibility index (Phi) is 6.62. The lowest BCUT2D eigenvalue weighted by Crippen LogP contribution is -2.84. The number of phenols is 1. The van der Waals surface area contributed by atoms with E-state index in [9.17, 15) is 14.7 Å². The molecular formula is C18H23N2O6+. The van der Waals surface area contributed by atoms with Gasteiger partial charge in [0, 0.05) is 12.8 Å². The van der Waals surface area contributed by atoms with E-state index in [0.717, 1.165) is 18.5 Å². The number of phenolic OH excluding ortho intramolecular Hbond substituents is 1. The fourth-order valence-electron chi connectivity index (χ4n) is 2.67. The first-order valence-electron chi connectivity index (χ1n) is 8.21. The number of carboxylic acid groups (broad SMARTS) is 2. The average Bonchev–Trinajstić information content (AvgIpc) is 2.62. The maximum atomic E-state index is 11.1. The van der Waals surface area contributed by atoms with Crippen LogP contribution in [0.4, 0.5) is 0 Å². The molecule has 1 aliphatic heterocycles. The molecule has 8 heteroatoms. The second-order valence-corrected chi connectivity index (χ2v) is 5.95. The third kappa shape index (κ3) is 5.25. The average molecular weight is 363 g/mol. The molecule has 0 bridgehead atoms. The summed E-state index contributed by atoms with van der Waals surface area (Å²) in [4.78, 5) is 22.2. The molecule has 1 aliphatic rings. The van der Waals surface area contributed by atoms with Crippen molar-refractivity contribution in [3.8, 4) is 11.5 Å². The van der Waals surface area contributed by atoms with Gasteiger partial charge >= 0.3 is 11.9 Å². The van der Waals surface area contributed by atoms with Crippen LogP contribution in [0.1, 0.15) is 12.0 Å². The van der Waals surface area contributed by atoms with Crippen molar-refractivity contribution in [1.29, 1.82) is 0 Å². The number of aliphatic carboxylic acids is 2. The van der Waals surface area contributed by atoms with Gasteiger partial charge in [0.15, 0.2) is 11.5 Å². The van der Waals surface area contributed by atoms with Crippen LogP contribution in [0, 0.1) is 0 Å². The normalized spacial score (nSPS) is 18.1. The van der Waals surface area contributed by atoms with Crippen molar-refractivity contribution in [2.45, 2.75) is 18.9 Å². The van der Waals surface area contributed by atoms with E-state index in [-0.39, 0.29) is 17.9 Å². The van der Waals surface area contributed by atoms with Crippen molar-refractivity contribution in [1.82, 2.24) is 5.32 Å². The molecule has 0 amide bonds. The van der Waals surface area contributed by atoms with E-state index < -0.39 is 18.0 Å². The van der Waals surface area contributed by atoms with Gasteiger partial charge in [0.1, 0.15) is 11.7 Å². The number of hydrogen-bond acceptors (Lipinski definition) is 5. The molecule has 2 rings (SSSR count). The van der Waals surface area contributed by atoms with Gasteiger partial charge in [-0.05, 0) is 35.4 Å². The van der Waals surface area contributed by atoms with Crippen LogP contribution < -0.4 is 15.4 Å². The summed E-state index contributed by atoms with van der Waals surface area (Å²) in [5.74, 6) is -1.71. The first kappa shape index (κ1) is 19.3. The number of nitrogens with one attached hydrogen (secondary N) is 1. The molecule has 0 aliphatic carbocycles. The Morgan fingerprint density at radius 3 is 2.81 bits per heavy atom. The molecule has 0 saturated carbocycles. The molecule has 0 saturated heterocycles. The SMILES string of the molecule is COc1cc(CC[NH2+]CC=C2C=C(C(=O)O)NC(C(=O)O)C2)ccc1O. The highest BCUT2D eigenvalue weighted by Gasteiger charge is 2.26. The van der Waals surface area contributed by atoms with Gasteiger partial charge in [-0.1, -0.05) is 6.07 Å². The van der Waals surface area contributed by atoms with Crippen molar-refractivity contribution >= 4 is 11.9 Å². The van der Waals surface area contributed by atoms with Crippen LogP contribution in [0.2, 0.25) is 0 Å². The monoisotopic (exact) mass is 363 g/mol. The Morgan fingerprint density at radius 1 is 1.38 bits per heavy atom. The van der Waals surface area contributed by atoms with Crippen molar-refractivity contribution in [3.05, 3.63) is 47.2 Å². The Hall–Kier alpha value is -3.00. The number of quaternary nitrogens is 1. The van der Waals surface area contributed by atoms with Gasteiger partial charge in [0.25, 0.3) is 0 Å². The molecule has 6 N–H and O–H groups in total. The van der Waals surface area contributed by atoms with E-state index in [0.29, 0.717) is 17.9 Å². The molecule has 26 heavy (non-hydrogen) atoms. The number of benzene rings is 1. The number of hydrogen-bond donors (Lipinski definition) is 5. The Balaban J connectivity index is 1.88. The second-order valence-electron chi connectivity index (χ2n) is 5.95. The van der Waals surface area contributed by atoms with Gasteiger partial charge in [-0.3, -0.25) is 0 Å². The fraction of sp³-hybridized carbons (Fsp3) is 0.333. The maximum absolute atomic E-state index is 11.1. The summed E-state index contributed by atoms with van der Waals surface area (Å²) in [6.07, 6.45) is 4.34. The zero-order chi connectivity index (χ0) is 19.1. The van der Waals surface area contributed by atoms with E-state index >= 15 is 0 Å². The van der Waals surface area contributed by atoms with Gasteiger partial charge < -0.3 is 30.7 Å². The largest absolute Gasteiger partial charge is 0.504 e. The molecule has 140 valence electrons. The summed E-state index contributed by atoms with van der Waals surface area (Å²) in [7, 11) is 1.50. The number of aromatic hydroxyl groups is 1. The van der Waals surface area contributed by atoms with Crippen molar-refractivity contribution in [2.24, 2.45) is 0 Å². The molecule has 0 spiro atoms. The zero-order valence-electron chi connectivity index (χ0n) is 14.4. The molecule has 8 nitrogen and oxygen atoms in total. The third-order valence-electron chi connectivity index (χ3n) is 4.06. The molecule has 0 fully saturated rings. The third-order valence-corrected chi connectivity index (χ3v) is 4.06. The van der Waals surface area contributed by atoms with Crippen molar-refractivity contribution < 1.29 is 35.0 Å². The summed E-state index contributed by atoms with van der Waals surface area (Å²) < 4.78 is 5.07. The van der Waals surface area contributed by atoms with E-state index in [2.05, 4.69) is 5.32 Å². The van der Waals surface area contributed by atoms with Gasteiger partial charge in [-0.2, -0.15) is 0 Å². The quantitative estimate of drug-likeness (QED) is 0.406. The number of carbonyl (C=O) groups is 2. The van der Waals surface area contributed by atoms with Crippen molar-refractivity contribution in [2.75, 3.05) is 20.2 Å². The number of rotatable bonds is 8. The number of ether oxygens (including phenoxy) is 1. The van der Waals surface area contributed by atoms with E-state index in [1.54, 1.807) is 12.1 Å². The molecule has 0 radical (unpaired) electrons. The topological polar surface area (TPSA) is 133 Å². The Morgan fingerprint density at radius 2 is 2.15 bits per heavy atom. The summed E-state index contributed by atoms with van der Waals surface area (Å²) in [6, 6.07) is 4.28. The van der Waals surface area contributed by atoms with Crippen LogP contribution in [0.25, 0.3) is 0 Å². The minimum Gasteiger partial charge on any atom is -0.504 e. The van der Waals surface area contributed by atoms with E-state index in [1.807, 2.05) is 17.5 Å². The van der Waals surface area contributed by atoms with Crippen LogP contribution in [0.5, 0.6) is 11.5 Å². The number of carboxylic acids is 2. The molecule has 1 aromatic carbocycles. The Labute approximate surface area is 150 Å².